The van der Waals surface area contributed by atoms with Crippen molar-refractivity contribution in [3.63, 3.8) is 0 Å². The number of sulfone groups is 1. The number of benzene rings is 1. The third-order valence-electron chi connectivity index (χ3n) is 1.40. The van der Waals surface area contributed by atoms with Crippen LogP contribution in [-0.2, 0) is 9.84 Å². The van der Waals surface area contributed by atoms with Crippen molar-refractivity contribution in [3.8, 4) is 0 Å². The standard InChI is InChI=1S/C7H8BrNO2S/c1-12(10,11)5-2-3-7(9)6(8)4-5/h2-4H,9H2,1H3. The van der Waals surface area contributed by atoms with E-state index in [4.69, 9.17) is 5.73 Å². The third-order valence-corrected chi connectivity index (χ3v) is 3.20. The predicted octanol–water partition coefficient (Wildman–Crippen LogP) is 1.43. The van der Waals surface area contributed by atoms with E-state index in [0.29, 0.717) is 10.2 Å². The van der Waals surface area contributed by atoms with Crippen molar-refractivity contribution in [2.24, 2.45) is 0 Å². The summed E-state index contributed by atoms with van der Waals surface area (Å²) in [4.78, 5) is 0.267. The van der Waals surface area contributed by atoms with Gasteiger partial charge >= 0.3 is 0 Å². The molecule has 0 aliphatic carbocycles. The molecule has 66 valence electrons. The van der Waals surface area contributed by atoms with Crippen LogP contribution in [0.5, 0.6) is 0 Å². The van der Waals surface area contributed by atoms with Crippen molar-refractivity contribution in [2.45, 2.75) is 4.90 Å². The Balaban J connectivity index is 3.33. The van der Waals surface area contributed by atoms with Crippen molar-refractivity contribution in [3.05, 3.63) is 22.7 Å². The smallest absolute Gasteiger partial charge is 0.175 e. The second kappa shape index (κ2) is 3.06. The molecule has 0 fully saturated rings. The van der Waals surface area contributed by atoms with Crippen molar-refractivity contribution in [1.82, 2.24) is 0 Å². The fourth-order valence-electron chi connectivity index (χ4n) is 0.739. The molecule has 0 aliphatic heterocycles. The molecular formula is C7H8BrNO2S. The van der Waals surface area contributed by atoms with Crippen LogP contribution in [0.3, 0.4) is 0 Å². The molecule has 0 aliphatic rings. The Bertz CT molecular complexity index is 400. The Labute approximate surface area is 79.6 Å². The molecule has 0 unspecified atom stereocenters. The second-order valence-electron chi connectivity index (χ2n) is 2.46. The lowest BCUT2D eigenvalue weighted by Crippen LogP contribution is -1.97. The van der Waals surface area contributed by atoms with Crippen LogP contribution in [0.1, 0.15) is 0 Å². The van der Waals surface area contributed by atoms with Gasteiger partial charge in [-0.15, -0.1) is 0 Å². The summed E-state index contributed by atoms with van der Waals surface area (Å²) < 4.78 is 22.7. The summed E-state index contributed by atoms with van der Waals surface area (Å²) in [5.41, 5.74) is 6.02. The number of nitrogens with two attached hydrogens (primary N) is 1. The highest BCUT2D eigenvalue weighted by Crippen LogP contribution is 2.22. The Hall–Kier alpha value is -0.550. The molecule has 0 saturated heterocycles. The van der Waals surface area contributed by atoms with Gasteiger partial charge in [-0.25, -0.2) is 8.42 Å². The first kappa shape index (κ1) is 9.54. The van der Waals surface area contributed by atoms with E-state index in [1.165, 1.54) is 12.1 Å². The summed E-state index contributed by atoms with van der Waals surface area (Å²) in [6.07, 6.45) is 1.16. The van der Waals surface area contributed by atoms with Gasteiger partial charge in [-0.2, -0.15) is 0 Å². The minimum Gasteiger partial charge on any atom is -0.398 e. The molecule has 0 spiro atoms. The quantitative estimate of drug-likeness (QED) is 0.767. The lowest BCUT2D eigenvalue weighted by molar-refractivity contribution is 0.602. The number of nitrogen functional groups attached to an aromatic ring is 1. The van der Waals surface area contributed by atoms with E-state index >= 15 is 0 Å². The molecule has 2 N–H and O–H groups in total. The third kappa shape index (κ3) is 1.98. The lowest BCUT2D eigenvalue weighted by atomic mass is 10.3. The molecule has 0 radical (unpaired) electrons. The van der Waals surface area contributed by atoms with Crippen molar-refractivity contribution in [1.29, 1.82) is 0 Å². The van der Waals surface area contributed by atoms with E-state index in [1.54, 1.807) is 6.07 Å². The molecule has 1 rings (SSSR count). The highest BCUT2D eigenvalue weighted by atomic mass is 79.9. The second-order valence-corrected chi connectivity index (χ2v) is 5.33. The van der Waals surface area contributed by atoms with E-state index in [2.05, 4.69) is 15.9 Å². The Morgan fingerprint density at radius 2 is 2.00 bits per heavy atom. The van der Waals surface area contributed by atoms with E-state index in [1.807, 2.05) is 0 Å². The van der Waals surface area contributed by atoms with Gasteiger partial charge in [-0.05, 0) is 34.1 Å². The van der Waals surface area contributed by atoms with Crippen LogP contribution in [0.15, 0.2) is 27.6 Å². The topological polar surface area (TPSA) is 60.2 Å². The predicted molar refractivity (Wildman–Crippen MR) is 51.7 cm³/mol. The maximum Gasteiger partial charge on any atom is 0.175 e. The lowest BCUT2D eigenvalue weighted by Gasteiger charge is -2.00. The normalized spacial score (nSPS) is 11.5. The van der Waals surface area contributed by atoms with Gasteiger partial charge < -0.3 is 5.73 Å². The molecule has 1 aromatic rings. The fraction of sp³-hybridized carbons (Fsp3) is 0.143. The van der Waals surface area contributed by atoms with Crippen LogP contribution in [0.25, 0.3) is 0 Å². The largest absolute Gasteiger partial charge is 0.398 e. The Morgan fingerprint density at radius 3 is 2.42 bits per heavy atom. The Morgan fingerprint density at radius 1 is 1.42 bits per heavy atom. The van der Waals surface area contributed by atoms with E-state index < -0.39 is 9.84 Å². The number of anilines is 1. The van der Waals surface area contributed by atoms with Gasteiger partial charge in [0.05, 0.1) is 4.90 Å². The minimum absolute atomic E-state index is 0.267. The number of rotatable bonds is 1. The molecule has 0 aromatic heterocycles. The maximum absolute atomic E-state index is 11.0. The van der Waals surface area contributed by atoms with Crippen molar-refractivity contribution < 1.29 is 8.42 Å². The number of hydrogen-bond acceptors (Lipinski definition) is 3. The first-order chi connectivity index (χ1) is 5.41. The molecule has 0 heterocycles. The van der Waals surface area contributed by atoms with Crippen LogP contribution in [0, 0.1) is 0 Å². The van der Waals surface area contributed by atoms with Gasteiger partial charge in [0.1, 0.15) is 0 Å². The molecule has 0 amide bonds. The molecule has 1 aromatic carbocycles. The molecule has 12 heavy (non-hydrogen) atoms. The van der Waals surface area contributed by atoms with Crippen molar-refractivity contribution in [2.75, 3.05) is 12.0 Å². The molecule has 3 nitrogen and oxygen atoms in total. The zero-order valence-electron chi connectivity index (χ0n) is 6.41. The molecular weight excluding hydrogens is 242 g/mol. The molecule has 0 saturated carbocycles. The summed E-state index contributed by atoms with van der Waals surface area (Å²) in [5.74, 6) is 0. The summed E-state index contributed by atoms with van der Waals surface area (Å²) in [6, 6.07) is 4.53. The van der Waals surface area contributed by atoms with Crippen LogP contribution in [0.2, 0.25) is 0 Å². The first-order valence-corrected chi connectivity index (χ1v) is 5.85. The summed E-state index contributed by atoms with van der Waals surface area (Å²) >= 11 is 3.15. The van der Waals surface area contributed by atoms with Gasteiger partial charge in [-0.3, -0.25) is 0 Å². The highest BCUT2D eigenvalue weighted by molar-refractivity contribution is 9.10. The summed E-state index contributed by atoms with van der Waals surface area (Å²) in [6.45, 7) is 0. The molecule has 0 atom stereocenters. The maximum atomic E-state index is 11.0. The van der Waals surface area contributed by atoms with E-state index in [0.717, 1.165) is 6.26 Å². The van der Waals surface area contributed by atoms with Crippen LogP contribution < -0.4 is 5.73 Å². The highest BCUT2D eigenvalue weighted by Gasteiger charge is 2.07. The summed E-state index contributed by atoms with van der Waals surface area (Å²) in [5, 5.41) is 0. The zero-order chi connectivity index (χ0) is 9.35. The van der Waals surface area contributed by atoms with Crippen LogP contribution >= 0.6 is 15.9 Å². The SMILES string of the molecule is CS(=O)(=O)c1ccc(N)c(Br)c1. The van der Waals surface area contributed by atoms with Crippen molar-refractivity contribution >= 4 is 31.5 Å². The van der Waals surface area contributed by atoms with Gasteiger partial charge in [0.2, 0.25) is 0 Å². The zero-order valence-corrected chi connectivity index (χ0v) is 8.81. The van der Waals surface area contributed by atoms with E-state index in [-0.39, 0.29) is 4.90 Å². The average molecular weight is 250 g/mol. The average Bonchev–Trinajstić information content (AvgIpc) is 1.92. The van der Waals surface area contributed by atoms with Crippen LogP contribution in [-0.4, -0.2) is 14.7 Å². The van der Waals surface area contributed by atoms with Crippen LogP contribution in [0.4, 0.5) is 5.69 Å². The minimum atomic E-state index is -3.13. The monoisotopic (exact) mass is 249 g/mol. The van der Waals surface area contributed by atoms with Gasteiger partial charge in [0, 0.05) is 16.4 Å². The molecule has 0 bridgehead atoms. The van der Waals surface area contributed by atoms with E-state index in [9.17, 15) is 8.42 Å². The van der Waals surface area contributed by atoms with Gasteiger partial charge in [0.25, 0.3) is 0 Å². The van der Waals surface area contributed by atoms with Gasteiger partial charge in [-0.1, -0.05) is 0 Å². The molecule has 5 heteroatoms. The summed E-state index contributed by atoms with van der Waals surface area (Å²) in [7, 11) is -3.13. The van der Waals surface area contributed by atoms with Gasteiger partial charge in [0.15, 0.2) is 9.84 Å². The first-order valence-electron chi connectivity index (χ1n) is 3.16. The fourth-order valence-corrected chi connectivity index (χ4v) is 1.92. The number of halogens is 1. The Kier molecular flexibility index (Phi) is 2.44. The number of hydrogen-bond donors (Lipinski definition) is 1.